The van der Waals surface area contributed by atoms with Crippen molar-refractivity contribution in [3.63, 3.8) is 0 Å². The van der Waals surface area contributed by atoms with Crippen LogP contribution < -0.4 is 0 Å². The topological polar surface area (TPSA) is 77.9 Å². The lowest BCUT2D eigenvalue weighted by Crippen LogP contribution is -2.37. The summed E-state index contributed by atoms with van der Waals surface area (Å²) >= 11 is 0. The van der Waals surface area contributed by atoms with Gasteiger partial charge in [-0.1, -0.05) is 6.92 Å². The van der Waals surface area contributed by atoms with E-state index in [9.17, 15) is 13.2 Å². The number of aliphatic carboxylic acids is 1. The molecule has 0 aromatic heterocycles. The van der Waals surface area contributed by atoms with Gasteiger partial charge in [0.05, 0.1) is 12.3 Å². The molecule has 0 unspecified atom stereocenters. The minimum Gasteiger partial charge on any atom is -0.480 e. The van der Waals surface area contributed by atoms with E-state index in [1.807, 2.05) is 6.92 Å². The first-order chi connectivity index (χ1) is 7.95. The van der Waals surface area contributed by atoms with Gasteiger partial charge in [0.2, 0.25) is 10.0 Å². The van der Waals surface area contributed by atoms with Crippen molar-refractivity contribution in [1.29, 1.82) is 0 Å². The molecule has 0 bridgehead atoms. The molecule has 1 heterocycles. The first kappa shape index (κ1) is 14.4. The highest BCUT2D eigenvalue weighted by Crippen LogP contribution is 2.09. The Kier molecular flexibility index (Phi) is 5.35. The van der Waals surface area contributed by atoms with Gasteiger partial charge >= 0.3 is 5.97 Å². The molecule has 17 heavy (non-hydrogen) atoms. The van der Waals surface area contributed by atoms with Crippen molar-refractivity contribution in [3.8, 4) is 0 Å². The summed E-state index contributed by atoms with van der Waals surface area (Å²) in [6, 6.07) is 0. The van der Waals surface area contributed by atoms with E-state index in [4.69, 9.17) is 5.11 Å². The summed E-state index contributed by atoms with van der Waals surface area (Å²) < 4.78 is 25.2. The van der Waals surface area contributed by atoms with Gasteiger partial charge in [0.1, 0.15) is 0 Å². The van der Waals surface area contributed by atoms with Crippen LogP contribution in [0.25, 0.3) is 0 Å². The van der Waals surface area contributed by atoms with Crippen LogP contribution >= 0.6 is 0 Å². The van der Waals surface area contributed by atoms with Crippen LogP contribution in [-0.2, 0) is 14.8 Å². The molecule has 6 nitrogen and oxygen atoms in total. The van der Waals surface area contributed by atoms with Crippen molar-refractivity contribution in [3.05, 3.63) is 0 Å². The maximum Gasteiger partial charge on any atom is 0.317 e. The molecule has 1 N–H and O–H groups in total. The lowest BCUT2D eigenvalue weighted by Gasteiger charge is -2.20. The number of hydrogen-bond acceptors (Lipinski definition) is 4. The van der Waals surface area contributed by atoms with Crippen molar-refractivity contribution in [2.24, 2.45) is 0 Å². The number of hydrogen-bond donors (Lipinski definition) is 1. The molecule has 0 saturated carbocycles. The quantitative estimate of drug-likeness (QED) is 0.745. The van der Waals surface area contributed by atoms with Crippen LogP contribution in [0, 0.1) is 0 Å². The number of carbonyl (C=O) groups is 1. The molecule has 1 aliphatic heterocycles. The highest BCUT2D eigenvalue weighted by molar-refractivity contribution is 7.89. The third-order valence-electron chi connectivity index (χ3n) is 2.76. The SMILES string of the molecule is CCCS(=O)(=O)N1CCCN(CC(=O)O)CC1. The molecule has 7 heteroatoms. The fourth-order valence-electron chi connectivity index (χ4n) is 1.96. The van der Waals surface area contributed by atoms with Gasteiger partial charge in [-0.25, -0.2) is 12.7 Å². The molecule has 1 fully saturated rings. The molecule has 0 aromatic carbocycles. The fraction of sp³-hybridized carbons (Fsp3) is 0.900. The minimum atomic E-state index is -3.15. The van der Waals surface area contributed by atoms with E-state index in [1.165, 1.54) is 4.31 Å². The molecule has 0 radical (unpaired) electrons. The average Bonchev–Trinajstić information content (AvgIpc) is 2.42. The Morgan fingerprint density at radius 3 is 2.53 bits per heavy atom. The van der Waals surface area contributed by atoms with Crippen molar-refractivity contribution < 1.29 is 18.3 Å². The predicted octanol–water partition coefficient (Wildman–Crippen LogP) is -0.181. The number of carboxylic acids is 1. The molecular formula is C10H20N2O4S. The standard InChI is InChI=1S/C10H20N2O4S/c1-2-8-17(15,16)12-5-3-4-11(6-7-12)9-10(13)14/h2-9H2,1H3,(H,13,14). The Morgan fingerprint density at radius 1 is 1.24 bits per heavy atom. The van der Waals surface area contributed by atoms with Crippen LogP contribution in [-0.4, -0.2) is 67.2 Å². The summed E-state index contributed by atoms with van der Waals surface area (Å²) in [7, 11) is -3.15. The third kappa shape index (κ3) is 4.61. The van der Waals surface area contributed by atoms with Crippen molar-refractivity contribution in [2.75, 3.05) is 38.5 Å². The average molecular weight is 264 g/mol. The van der Waals surface area contributed by atoms with E-state index in [1.54, 1.807) is 4.90 Å². The largest absolute Gasteiger partial charge is 0.480 e. The van der Waals surface area contributed by atoms with Gasteiger partial charge in [-0.15, -0.1) is 0 Å². The summed E-state index contributed by atoms with van der Waals surface area (Å²) in [6.45, 7) is 3.86. The van der Waals surface area contributed by atoms with Gasteiger partial charge < -0.3 is 5.11 Å². The maximum atomic E-state index is 11.9. The number of rotatable bonds is 5. The van der Waals surface area contributed by atoms with E-state index in [0.717, 1.165) is 0 Å². The van der Waals surface area contributed by atoms with Crippen molar-refractivity contribution in [2.45, 2.75) is 19.8 Å². The lowest BCUT2D eigenvalue weighted by molar-refractivity contribution is -0.138. The maximum absolute atomic E-state index is 11.9. The summed E-state index contributed by atoms with van der Waals surface area (Å²) in [6.07, 6.45) is 1.30. The Labute approximate surface area is 102 Å². The molecule has 100 valence electrons. The van der Waals surface area contributed by atoms with Crippen LogP contribution in [0.1, 0.15) is 19.8 Å². The highest BCUT2D eigenvalue weighted by atomic mass is 32.2. The molecule has 0 amide bonds. The summed E-state index contributed by atoms with van der Waals surface area (Å²) in [5.74, 6) is -0.693. The highest BCUT2D eigenvalue weighted by Gasteiger charge is 2.24. The van der Waals surface area contributed by atoms with E-state index in [-0.39, 0.29) is 12.3 Å². The monoisotopic (exact) mass is 264 g/mol. The molecule has 0 aliphatic carbocycles. The molecule has 1 aliphatic rings. The van der Waals surface area contributed by atoms with Gasteiger partial charge in [0.25, 0.3) is 0 Å². The Morgan fingerprint density at radius 2 is 1.94 bits per heavy atom. The number of carboxylic acid groups (broad SMARTS) is 1. The molecule has 1 saturated heterocycles. The molecular weight excluding hydrogens is 244 g/mol. The van der Waals surface area contributed by atoms with E-state index in [2.05, 4.69) is 0 Å². The zero-order valence-electron chi connectivity index (χ0n) is 10.1. The predicted molar refractivity (Wildman–Crippen MR) is 64.3 cm³/mol. The smallest absolute Gasteiger partial charge is 0.317 e. The van der Waals surface area contributed by atoms with E-state index in [0.29, 0.717) is 39.0 Å². The molecule has 0 spiro atoms. The fourth-order valence-corrected chi connectivity index (χ4v) is 3.50. The Hall–Kier alpha value is -0.660. The second-order valence-corrected chi connectivity index (χ2v) is 6.33. The van der Waals surface area contributed by atoms with E-state index < -0.39 is 16.0 Å². The van der Waals surface area contributed by atoms with Gasteiger partial charge in [0.15, 0.2) is 0 Å². The molecule has 1 rings (SSSR count). The van der Waals surface area contributed by atoms with Crippen LogP contribution in [0.5, 0.6) is 0 Å². The second kappa shape index (κ2) is 6.32. The summed E-state index contributed by atoms with van der Waals surface area (Å²) in [5.41, 5.74) is 0. The Balaban J connectivity index is 2.56. The molecule has 0 aromatic rings. The Bertz CT molecular complexity index is 355. The number of sulfonamides is 1. The summed E-state index contributed by atoms with van der Waals surface area (Å²) in [5, 5.41) is 8.69. The van der Waals surface area contributed by atoms with Crippen LogP contribution in [0.15, 0.2) is 0 Å². The molecule has 0 atom stereocenters. The second-order valence-electron chi connectivity index (χ2n) is 4.24. The third-order valence-corrected chi connectivity index (χ3v) is 4.84. The van der Waals surface area contributed by atoms with Gasteiger partial charge in [-0.05, 0) is 12.8 Å². The van der Waals surface area contributed by atoms with Gasteiger partial charge in [-0.2, -0.15) is 0 Å². The van der Waals surface area contributed by atoms with Crippen molar-refractivity contribution in [1.82, 2.24) is 9.21 Å². The number of nitrogens with zero attached hydrogens (tertiary/aromatic N) is 2. The first-order valence-corrected chi connectivity index (χ1v) is 7.48. The zero-order chi connectivity index (χ0) is 12.9. The zero-order valence-corrected chi connectivity index (χ0v) is 10.9. The van der Waals surface area contributed by atoms with Crippen LogP contribution in [0.4, 0.5) is 0 Å². The van der Waals surface area contributed by atoms with E-state index >= 15 is 0 Å². The van der Waals surface area contributed by atoms with Crippen LogP contribution in [0.2, 0.25) is 0 Å². The minimum absolute atomic E-state index is 0.0122. The van der Waals surface area contributed by atoms with Gasteiger partial charge in [-0.3, -0.25) is 9.69 Å². The normalized spacial score (nSPS) is 20.1. The lowest BCUT2D eigenvalue weighted by atomic mass is 10.4. The first-order valence-electron chi connectivity index (χ1n) is 5.87. The summed E-state index contributed by atoms with van der Waals surface area (Å²) in [4.78, 5) is 12.4. The van der Waals surface area contributed by atoms with Gasteiger partial charge in [0, 0.05) is 26.2 Å². The van der Waals surface area contributed by atoms with Crippen LogP contribution in [0.3, 0.4) is 0 Å². The van der Waals surface area contributed by atoms with Crippen molar-refractivity contribution >= 4 is 16.0 Å².